The molecule has 0 spiro atoms. The van der Waals surface area contributed by atoms with Crippen molar-refractivity contribution in [3.63, 3.8) is 0 Å². The smallest absolute Gasteiger partial charge is 0.296 e. The first-order chi connectivity index (χ1) is 15.1. The number of aromatic hydroxyl groups is 1. The van der Waals surface area contributed by atoms with Gasteiger partial charge in [-0.15, -0.1) is 0 Å². The number of para-hydroxylation sites is 2. The van der Waals surface area contributed by atoms with Crippen LogP contribution >= 0.6 is 0 Å². The van der Waals surface area contributed by atoms with Gasteiger partial charge in [0.05, 0.1) is 29.3 Å². The highest BCUT2D eigenvalue weighted by Gasteiger charge is 2.48. The number of aliphatic hydroxyl groups is 1. The number of Topliss-reactive ketones (excluding diaryl/α,β-unsaturated/α-hetero) is 1. The molecule has 0 radical (unpaired) electrons. The van der Waals surface area contributed by atoms with Crippen molar-refractivity contribution >= 4 is 28.7 Å². The molecule has 4 rings (SSSR count). The molecule has 1 atom stereocenters. The van der Waals surface area contributed by atoms with E-state index in [1.165, 1.54) is 11.0 Å². The summed E-state index contributed by atoms with van der Waals surface area (Å²) in [5.41, 5.74) is 0.994. The number of fused-ring (bicyclic) bond motifs is 1. The summed E-state index contributed by atoms with van der Waals surface area (Å²) in [7, 11) is 0. The summed E-state index contributed by atoms with van der Waals surface area (Å²) in [5, 5.41) is 20.9. The molecule has 0 aliphatic carbocycles. The van der Waals surface area contributed by atoms with Crippen LogP contribution in [0.15, 0.2) is 53.8 Å². The number of ether oxygens (including phenoxy) is 1. The highest BCUT2D eigenvalue weighted by atomic mass is 16.5. The molecule has 1 aliphatic rings. The molecule has 2 aromatic carbocycles. The van der Waals surface area contributed by atoms with Gasteiger partial charge >= 0.3 is 0 Å². The first-order valence-electron chi connectivity index (χ1n) is 10.4. The summed E-state index contributed by atoms with van der Waals surface area (Å²) in [6.45, 7) is 7.28. The van der Waals surface area contributed by atoms with Crippen molar-refractivity contribution in [2.75, 3.05) is 11.5 Å². The number of ketones is 1. The van der Waals surface area contributed by atoms with E-state index in [0.717, 1.165) is 0 Å². The fourth-order valence-corrected chi connectivity index (χ4v) is 3.80. The monoisotopic (exact) mass is 435 g/mol. The van der Waals surface area contributed by atoms with Crippen molar-refractivity contribution < 1.29 is 24.5 Å². The number of phenols is 1. The van der Waals surface area contributed by atoms with Gasteiger partial charge in [0, 0.05) is 5.41 Å². The quantitative estimate of drug-likeness (QED) is 0.554. The molecule has 0 fully saturated rings. The van der Waals surface area contributed by atoms with E-state index in [9.17, 15) is 19.8 Å². The van der Waals surface area contributed by atoms with Crippen LogP contribution in [0, 0.1) is 5.41 Å². The van der Waals surface area contributed by atoms with Crippen LogP contribution in [-0.2, 0) is 9.59 Å². The van der Waals surface area contributed by atoms with Crippen molar-refractivity contribution in [3.8, 4) is 11.5 Å². The van der Waals surface area contributed by atoms with E-state index in [4.69, 9.17) is 4.74 Å². The van der Waals surface area contributed by atoms with Gasteiger partial charge in [-0.3, -0.25) is 14.5 Å². The molecule has 166 valence electrons. The number of carbonyl (C=O) groups excluding carboxylic acids is 2. The average Bonchev–Trinajstić information content (AvgIpc) is 3.27. The zero-order chi connectivity index (χ0) is 23.2. The first kappa shape index (κ1) is 21.4. The second-order valence-electron chi connectivity index (χ2n) is 8.66. The molecule has 0 saturated heterocycles. The van der Waals surface area contributed by atoms with Gasteiger partial charge in [0.2, 0.25) is 5.95 Å². The Kier molecular flexibility index (Phi) is 5.16. The van der Waals surface area contributed by atoms with E-state index in [0.29, 0.717) is 23.2 Å². The van der Waals surface area contributed by atoms with Crippen molar-refractivity contribution in [1.82, 2.24) is 9.97 Å². The third kappa shape index (κ3) is 3.47. The molecule has 0 bridgehead atoms. The van der Waals surface area contributed by atoms with Crippen molar-refractivity contribution in [3.05, 3.63) is 59.4 Å². The van der Waals surface area contributed by atoms with Crippen molar-refractivity contribution in [2.45, 2.75) is 33.7 Å². The van der Waals surface area contributed by atoms with Crippen LogP contribution in [0.3, 0.4) is 0 Å². The van der Waals surface area contributed by atoms with Gasteiger partial charge in [-0.1, -0.05) is 39.0 Å². The Balaban J connectivity index is 1.92. The predicted molar refractivity (Wildman–Crippen MR) is 120 cm³/mol. The second kappa shape index (κ2) is 7.71. The molecule has 2 heterocycles. The van der Waals surface area contributed by atoms with E-state index >= 15 is 0 Å². The van der Waals surface area contributed by atoms with Crippen LogP contribution in [0.5, 0.6) is 11.5 Å². The fourth-order valence-electron chi connectivity index (χ4n) is 3.80. The van der Waals surface area contributed by atoms with E-state index in [1.807, 2.05) is 18.2 Å². The van der Waals surface area contributed by atoms with Gasteiger partial charge in [-0.05, 0) is 36.8 Å². The molecule has 8 heteroatoms. The molecular formula is C24H25N3O5. The first-order valence-corrected chi connectivity index (χ1v) is 10.4. The third-order valence-electron chi connectivity index (χ3n) is 5.34. The Morgan fingerprint density at radius 1 is 1.19 bits per heavy atom. The number of H-pyrrole nitrogens is 1. The minimum atomic E-state index is -0.949. The highest BCUT2D eigenvalue weighted by molar-refractivity contribution is 6.17. The van der Waals surface area contributed by atoms with Crippen LogP contribution < -0.4 is 9.64 Å². The van der Waals surface area contributed by atoms with Gasteiger partial charge < -0.3 is 19.9 Å². The third-order valence-corrected chi connectivity index (χ3v) is 5.34. The topological polar surface area (TPSA) is 116 Å². The standard InChI is InChI=1S/C24H25N3O5/c1-5-32-17-12-13(10-11-16(17)28)19-18(21(30)24(2,3)4)20(29)22(31)27(19)23-25-14-8-6-7-9-15(14)26-23/h6-12,19,28-29H,5H2,1-4H3,(H,25,26). The number of carbonyl (C=O) groups is 2. The second-order valence-corrected chi connectivity index (χ2v) is 8.66. The number of benzene rings is 2. The number of nitrogens with zero attached hydrogens (tertiary/aromatic N) is 2. The molecule has 3 N–H and O–H groups in total. The molecular weight excluding hydrogens is 410 g/mol. The van der Waals surface area contributed by atoms with Crippen LogP contribution in [-0.4, -0.2) is 38.5 Å². The maximum absolute atomic E-state index is 13.3. The lowest BCUT2D eigenvalue weighted by molar-refractivity contribution is -0.123. The number of hydrogen-bond donors (Lipinski definition) is 3. The maximum Gasteiger partial charge on any atom is 0.296 e. The summed E-state index contributed by atoms with van der Waals surface area (Å²) in [6.07, 6.45) is 0. The zero-order valence-corrected chi connectivity index (χ0v) is 18.3. The van der Waals surface area contributed by atoms with Crippen LogP contribution in [0.4, 0.5) is 5.95 Å². The lowest BCUT2D eigenvalue weighted by atomic mass is 9.82. The summed E-state index contributed by atoms with van der Waals surface area (Å²) >= 11 is 0. The molecule has 0 saturated carbocycles. The number of amides is 1. The molecule has 1 aliphatic heterocycles. The Morgan fingerprint density at radius 3 is 2.56 bits per heavy atom. The van der Waals surface area contributed by atoms with Gasteiger partial charge in [-0.25, -0.2) is 4.98 Å². The van der Waals surface area contributed by atoms with Gasteiger partial charge in [0.25, 0.3) is 5.91 Å². The van der Waals surface area contributed by atoms with Gasteiger partial charge in [0.15, 0.2) is 23.0 Å². The Morgan fingerprint density at radius 2 is 1.91 bits per heavy atom. The van der Waals surface area contributed by atoms with E-state index < -0.39 is 23.1 Å². The molecule has 3 aromatic rings. The van der Waals surface area contributed by atoms with Crippen LogP contribution in [0.25, 0.3) is 11.0 Å². The van der Waals surface area contributed by atoms with Crippen LogP contribution in [0.1, 0.15) is 39.3 Å². The highest BCUT2D eigenvalue weighted by Crippen LogP contribution is 2.44. The fraction of sp³-hybridized carbons (Fsp3) is 0.292. The Bertz CT molecular complexity index is 1220. The predicted octanol–water partition coefficient (Wildman–Crippen LogP) is 4.18. The Hall–Kier alpha value is -3.81. The lowest BCUT2D eigenvalue weighted by Crippen LogP contribution is -2.33. The van der Waals surface area contributed by atoms with Crippen molar-refractivity contribution in [1.29, 1.82) is 0 Å². The largest absolute Gasteiger partial charge is 0.504 e. The Labute approximate surface area is 185 Å². The van der Waals surface area contributed by atoms with Gasteiger partial charge in [0.1, 0.15) is 0 Å². The van der Waals surface area contributed by atoms with Gasteiger partial charge in [-0.2, -0.15) is 0 Å². The number of imidazole rings is 1. The number of aromatic amines is 1. The molecule has 1 unspecified atom stereocenters. The number of aromatic nitrogens is 2. The number of phenolic OH excluding ortho intramolecular Hbond substituents is 1. The van der Waals surface area contributed by atoms with E-state index in [2.05, 4.69) is 9.97 Å². The number of hydrogen-bond acceptors (Lipinski definition) is 6. The minimum Gasteiger partial charge on any atom is -0.504 e. The van der Waals surface area contributed by atoms with E-state index in [1.54, 1.807) is 45.9 Å². The maximum atomic E-state index is 13.3. The zero-order valence-electron chi connectivity index (χ0n) is 18.3. The molecule has 32 heavy (non-hydrogen) atoms. The summed E-state index contributed by atoms with van der Waals surface area (Å²) in [4.78, 5) is 35.4. The normalized spacial score (nSPS) is 16.8. The number of nitrogens with one attached hydrogen (secondary N) is 1. The lowest BCUT2D eigenvalue weighted by Gasteiger charge is -2.27. The minimum absolute atomic E-state index is 0.0175. The summed E-state index contributed by atoms with van der Waals surface area (Å²) in [6, 6.07) is 10.9. The molecule has 1 aromatic heterocycles. The SMILES string of the molecule is CCOc1cc(C2C(C(=O)C(C)(C)C)=C(O)C(=O)N2c2nc3ccccc3[nH]2)ccc1O. The summed E-state index contributed by atoms with van der Waals surface area (Å²) in [5.74, 6) is -1.34. The van der Waals surface area contributed by atoms with Crippen LogP contribution in [0.2, 0.25) is 0 Å². The average molecular weight is 435 g/mol. The number of anilines is 1. The summed E-state index contributed by atoms with van der Waals surface area (Å²) < 4.78 is 5.50. The van der Waals surface area contributed by atoms with E-state index in [-0.39, 0.29) is 28.8 Å². The number of aliphatic hydroxyl groups excluding tert-OH is 1. The number of rotatable bonds is 5. The molecule has 8 nitrogen and oxygen atoms in total. The molecule has 1 amide bonds. The van der Waals surface area contributed by atoms with Crippen molar-refractivity contribution in [2.24, 2.45) is 5.41 Å².